The highest BCUT2D eigenvalue weighted by atomic mass is 127. The molecule has 0 bridgehead atoms. The van der Waals surface area contributed by atoms with Gasteiger partial charge in [-0.2, -0.15) is 0 Å². The van der Waals surface area contributed by atoms with Gasteiger partial charge in [-0.05, 0) is 46.5 Å². The number of aliphatic imine (C=N–C) groups is 1. The lowest BCUT2D eigenvalue weighted by Crippen LogP contribution is -2.43. The fourth-order valence-electron chi connectivity index (χ4n) is 2.94. The van der Waals surface area contributed by atoms with E-state index in [-0.39, 0.29) is 29.9 Å². The van der Waals surface area contributed by atoms with E-state index in [1.165, 1.54) is 38.5 Å². The van der Waals surface area contributed by atoms with Crippen molar-refractivity contribution < 1.29 is 4.79 Å². The standard InChI is InChI=1S/C18H36N4O.HI/c1-5-20-17(21-13-18(3,4)16(19)23)22-14(2)11-12-15-9-7-6-8-10-15;/h14-15H,5-13H2,1-4H3,(H2,19,23)(H2,20,21,22);1H. The van der Waals surface area contributed by atoms with Crippen LogP contribution in [-0.2, 0) is 4.79 Å². The monoisotopic (exact) mass is 452 g/mol. The van der Waals surface area contributed by atoms with E-state index in [0.717, 1.165) is 24.8 Å². The molecule has 0 heterocycles. The molecule has 1 unspecified atom stereocenters. The fraction of sp³-hybridized carbons (Fsp3) is 0.889. The molecule has 0 aromatic rings. The molecule has 1 rings (SSSR count). The van der Waals surface area contributed by atoms with Gasteiger partial charge in [0.1, 0.15) is 0 Å². The highest BCUT2D eigenvalue weighted by Gasteiger charge is 2.24. The molecule has 1 aliphatic carbocycles. The molecule has 0 saturated heterocycles. The Labute approximate surface area is 165 Å². The van der Waals surface area contributed by atoms with Crippen LogP contribution < -0.4 is 16.4 Å². The van der Waals surface area contributed by atoms with Gasteiger partial charge < -0.3 is 16.4 Å². The summed E-state index contributed by atoms with van der Waals surface area (Å²) in [6.07, 6.45) is 9.46. The Bertz CT molecular complexity index is 392. The lowest BCUT2D eigenvalue weighted by atomic mass is 9.85. The third-order valence-corrected chi connectivity index (χ3v) is 4.76. The van der Waals surface area contributed by atoms with Gasteiger partial charge in [0.2, 0.25) is 5.91 Å². The lowest BCUT2D eigenvalue weighted by Gasteiger charge is -2.24. The largest absolute Gasteiger partial charge is 0.369 e. The normalized spacial score (nSPS) is 17.8. The first-order chi connectivity index (χ1) is 10.8. The molecule has 1 saturated carbocycles. The van der Waals surface area contributed by atoms with Crippen molar-refractivity contribution in [2.45, 2.75) is 78.7 Å². The summed E-state index contributed by atoms with van der Waals surface area (Å²) in [5.41, 5.74) is 4.80. The number of rotatable bonds is 8. The van der Waals surface area contributed by atoms with Gasteiger partial charge in [-0.1, -0.05) is 32.1 Å². The summed E-state index contributed by atoms with van der Waals surface area (Å²) in [6.45, 7) is 9.10. The third-order valence-electron chi connectivity index (χ3n) is 4.76. The summed E-state index contributed by atoms with van der Waals surface area (Å²) in [6, 6.07) is 0.381. The Balaban J connectivity index is 0.00000529. The molecule has 1 atom stereocenters. The molecule has 0 radical (unpaired) electrons. The maximum atomic E-state index is 11.4. The van der Waals surface area contributed by atoms with Crippen LogP contribution in [0.15, 0.2) is 4.99 Å². The maximum absolute atomic E-state index is 11.4. The minimum atomic E-state index is -0.617. The minimum Gasteiger partial charge on any atom is -0.369 e. The highest BCUT2D eigenvalue weighted by Crippen LogP contribution is 2.27. The van der Waals surface area contributed by atoms with Crippen molar-refractivity contribution in [2.24, 2.45) is 22.1 Å². The number of hydrogen-bond acceptors (Lipinski definition) is 2. The number of guanidine groups is 1. The molecular formula is C18H37IN4O. The van der Waals surface area contributed by atoms with Crippen LogP contribution in [0.1, 0.15) is 72.6 Å². The molecule has 1 aliphatic rings. The number of nitrogens with two attached hydrogens (primary N) is 1. The SMILES string of the molecule is CCNC(=NCC(C)(C)C(N)=O)NC(C)CCC1CCCCC1.I. The Kier molecular flexibility index (Phi) is 11.7. The predicted molar refractivity (Wildman–Crippen MR) is 113 cm³/mol. The number of amides is 1. The smallest absolute Gasteiger partial charge is 0.224 e. The van der Waals surface area contributed by atoms with E-state index in [1.54, 1.807) is 0 Å². The number of primary amides is 1. The zero-order valence-electron chi connectivity index (χ0n) is 15.9. The van der Waals surface area contributed by atoms with Gasteiger partial charge in [-0.25, -0.2) is 0 Å². The number of hydrogen-bond donors (Lipinski definition) is 3. The quantitative estimate of drug-likeness (QED) is 0.300. The van der Waals surface area contributed by atoms with Crippen LogP contribution in [0, 0.1) is 11.3 Å². The topological polar surface area (TPSA) is 79.5 Å². The average molecular weight is 452 g/mol. The van der Waals surface area contributed by atoms with Crippen LogP contribution in [0.5, 0.6) is 0 Å². The Morgan fingerprint density at radius 1 is 1.29 bits per heavy atom. The third kappa shape index (κ3) is 9.08. The molecule has 4 N–H and O–H groups in total. The molecule has 5 nitrogen and oxygen atoms in total. The van der Waals surface area contributed by atoms with Crippen LogP contribution in [0.2, 0.25) is 0 Å². The van der Waals surface area contributed by atoms with Crippen molar-refractivity contribution in [3.63, 3.8) is 0 Å². The summed E-state index contributed by atoms with van der Waals surface area (Å²) in [4.78, 5) is 15.9. The number of nitrogens with zero attached hydrogens (tertiary/aromatic N) is 1. The molecular weight excluding hydrogens is 415 g/mol. The Hall–Kier alpha value is -0.530. The van der Waals surface area contributed by atoms with Crippen molar-refractivity contribution >= 4 is 35.8 Å². The molecule has 1 fully saturated rings. The maximum Gasteiger partial charge on any atom is 0.224 e. The van der Waals surface area contributed by atoms with Crippen molar-refractivity contribution in [1.29, 1.82) is 0 Å². The van der Waals surface area contributed by atoms with Gasteiger partial charge in [-0.15, -0.1) is 24.0 Å². The summed E-state index contributed by atoms with van der Waals surface area (Å²) in [5.74, 6) is 1.36. The zero-order chi connectivity index (χ0) is 17.3. The number of nitrogens with one attached hydrogen (secondary N) is 2. The van der Waals surface area contributed by atoms with E-state index in [9.17, 15) is 4.79 Å². The molecule has 0 aromatic heterocycles. The van der Waals surface area contributed by atoms with Crippen molar-refractivity contribution in [3.8, 4) is 0 Å². The van der Waals surface area contributed by atoms with Gasteiger partial charge in [0.15, 0.2) is 5.96 Å². The number of carbonyl (C=O) groups excluding carboxylic acids is 1. The van der Waals surface area contributed by atoms with Crippen molar-refractivity contribution in [1.82, 2.24) is 10.6 Å². The van der Waals surface area contributed by atoms with Crippen molar-refractivity contribution in [2.75, 3.05) is 13.1 Å². The molecule has 0 spiro atoms. The van der Waals surface area contributed by atoms with Crippen molar-refractivity contribution in [3.05, 3.63) is 0 Å². The Morgan fingerprint density at radius 2 is 1.92 bits per heavy atom. The lowest BCUT2D eigenvalue weighted by molar-refractivity contribution is -0.125. The second-order valence-corrected chi connectivity index (χ2v) is 7.57. The van der Waals surface area contributed by atoms with E-state index < -0.39 is 5.41 Å². The number of carbonyl (C=O) groups is 1. The minimum absolute atomic E-state index is 0. The van der Waals surface area contributed by atoms with Crippen LogP contribution in [0.4, 0.5) is 0 Å². The van der Waals surface area contributed by atoms with E-state index >= 15 is 0 Å². The van der Waals surface area contributed by atoms with E-state index in [1.807, 2.05) is 20.8 Å². The van der Waals surface area contributed by atoms with Gasteiger partial charge in [0.25, 0.3) is 0 Å². The first-order valence-corrected chi connectivity index (χ1v) is 9.20. The molecule has 1 amide bonds. The van der Waals surface area contributed by atoms with Gasteiger partial charge in [0.05, 0.1) is 12.0 Å². The second kappa shape index (κ2) is 11.9. The average Bonchev–Trinajstić information content (AvgIpc) is 2.52. The first-order valence-electron chi connectivity index (χ1n) is 9.20. The number of halogens is 1. The van der Waals surface area contributed by atoms with Crippen LogP contribution in [0.3, 0.4) is 0 Å². The van der Waals surface area contributed by atoms with Crippen LogP contribution in [-0.4, -0.2) is 31.0 Å². The molecule has 6 heteroatoms. The summed E-state index contributed by atoms with van der Waals surface area (Å²) >= 11 is 0. The zero-order valence-corrected chi connectivity index (χ0v) is 18.2. The van der Waals surface area contributed by atoms with Gasteiger partial charge in [-0.3, -0.25) is 9.79 Å². The molecule has 24 heavy (non-hydrogen) atoms. The van der Waals surface area contributed by atoms with Crippen LogP contribution in [0.25, 0.3) is 0 Å². The summed E-state index contributed by atoms with van der Waals surface area (Å²) in [7, 11) is 0. The van der Waals surface area contributed by atoms with E-state index in [4.69, 9.17) is 5.73 Å². The summed E-state index contributed by atoms with van der Waals surface area (Å²) < 4.78 is 0. The van der Waals surface area contributed by atoms with Gasteiger partial charge in [0, 0.05) is 12.6 Å². The molecule has 0 aromatic carbocycles. The predicted octanol–water partition coefficient (Wildman–Crippen LogP) is 3.42. The van der Waals surface area contributed by atoms with Crippen LogP contribution >= 0.6 is 24.0 Å². The Morgan fingerprint density at radius 3 is 2.46 bits per heavy atom. The first kappa shape index (κ1) is 23.5. The van der Waals surface area contributed by atoms with E-state index in [0.29, 0.717) is 12.6 Å². The summed E-state index contributed by atoms with van der Waals surface area (Å²) in [5, 5.41) is 6.71. The second-order valence-electron chi connectivity index (χ2n) is 7.57. The highest BCUT2D eigenvalue weighted by molar-refractivity contribution is 14.0. The molecule has 142 valence electrons. The van der Waals surface area contributed by atoms with E-state index in [2.05, 4.69) is 22.5 Å². The fourth-order valence-corrected chi connectivity index (χ4v) is 2.94. The molecule has 0 aliphatic heterocycles. The van der Waals surface area contributed by atoms with Gasteiger partial charge >= 0.3 is 0 Å².